The van der Waals surface area contributed by atoms with E-state index in [1.54, 1.807) is 0 Å². The van der Waals surface area contributed by atoms with E-state index in [-0.39, 0.29) is 7.43 Å². The van der Waals surface area contributed by atoms with Gasteiger partial charge in [-0.1, -0.05) is 54.5 Å². The highest BCUT2D eigenvalue weighted by atomic mass is 14.3. The molecule has 0 spiro atoms. The summed E-state index contributed by atoms with van der Waals surface area (Å²) < 4.78 is 0. The van der Waals surface area contributed by atoms with E-state index < -0.39 is 0 Å². The first-order valence-electron chi connectivity index (χ1n) is 5.06. The Hall–Kier alpha value is -0.260. The molecule has 0 aliphatic rings. The first-order chi connectivity index (χ1) is 5.45. The third-order valence-corrected chi connectivity index (χ3v) is 3.14. The zero-order valence-electron chi connectivity index (χ0n) is 9.35. The van der Waals surface area contributed by atoms with Crippen LogP contribution in [0.1, 0.15) is 54.9 Å². The van der Waals surface area contributed by atoms with Crippen LogP contribution >= 0.6 is 0 Å². The summed E-state index contributed by atoms with van der Waals surface area (Å²) in [7, 11) is 0. The van der Waals surface area contributed by atoms with Crippen molar-refractivity contribution in [3.63, 3.8) is 0 Å². The highest BCUT2D eigenvalue weighted by molar-refractivity contribution is 4.84. The van der Waals surface area contributed by atoms with Crippen LogP contribution in [0, 0.1) is 17.3 Å². The van der Waals surface area contributed by atoms with Crippen molar-refractivity contribution in [1.29, 1.82) is 0 Å². The largest absolute Gasteiger partial charge is 0.103 e. The normalized spacial score (nSPS) is 13.7. The van der Waals surface area contributed by atoms with Crippen molar-refractivity contribution in [3.8, 4) is 0 Å². The Bertz CT molecular complexity index is 131. The van der Waals surface area contributed by atoms with E-state index in [2.05, 4.69) is 47.3 Å². The van der Waals surface area contributed by atoms with Crippen LogP contribution in [-0.4, -0.2) is 0 Å². The van der Waals surface area contributed by atoms with Crippen LogP contribution in [0.2, 0.25) is 0 Å². The van der Waals surface area contributed by atoms with Crippen molar-refractivity contribution in [1.82, 2.24) is 0 Å². The van der Waals surface area contributed by atoms with Gasteiger partial charge in [0.05, 0.1) is 0 Å². The molecular formula is C13H28. The molecule has 0 radical (unpaired) electrons. The summed E-state index contributed by atoms with van der Waals surface area (Å²) in [6.07, 6.45) is 4.46. The Labute approximate surface area is 85.4 Å². The van der Waals surface area contributed by atoms with E-state index in [1.807, 2.05) is 0 Å². The van der Waals surface area contributed by atoms with Crippen molar-refractivity contribution < 1.29 is 0 Å². The van der Waals surface area contributed by atoms with Crippen LogP contribution in [0.4, 0.5) is 0 Å². The van der Waals surface area contributed by atoms with Crippen LogP contribution in [0.25, 0.3) is 0 Å². The molecule has 0 aliphatic heterocycles. The van der Waals surface area contributed by atoms with Crippen LogP contribution in [0.15, 0.2) is 12.7 Å². The summed E-state index contributed by atoms with van der Waals surface area (Å²) in [5.41, 5.74) is 0.461. The predicted octanol–water partition coefficient (Wildman–Crippen LogP) is 4.91. The van der Waals surface area contributed by atoms with Gasteiger partial charge in [0.15, 0.2) is 0 Å². The molecule has 0 saturated carbocycles. The molecule has 80 valence electrons. The Kier molecular flexibility index (Phi) is 7.30. The zero-order valence-corrected chi connectivity index (χ0v) is 9.35. The standard InChI is InChI=1S/C12H24.CH4/c1-7-9-11(10(3)4)12(5,6)8-2;/h7,10-11H,1,8-9H2,2-6H3;1H4/t11-;/m1./s1. The van der Waals surface area contributed by atoms with Gasteiger partial charge in [-0.2, -0.15) is 0 Å². The number of hydrogen-bond donors (Lipinski definition) is 0. The van der Waals surface area contributed by atoms with Gasteiger partial charge in [0.2, 0.25) is 0 Å². The second-order valence-corrected chi connectivity index (χ2v) is 4.72. The average molecular weight is 184 g/mol. The smallest absolute Gasteiger partial charge is 0.0305 e. The van der Waals surface area contributed by atoms with Crippen molar-refractivity contribution >= 4 is 0 Å². The van der Waals surface area contributed by atoms with Gasteiger partial charge >= 0.3 is 0 Å². The van der Waals surface area contributed by atoms with Crippen LogP contribution < -0.4 is 0 Å². The van der Waals surface area contributed by atoms with E-state index in [1.165, 1.54) is 6.42 Å². The fourth-order valence-corrected chi connectivity index (χ4v) is 1.94. The van der Waals surface area contributed by atoms with Gasteiger partial charge in [0, 0.05) is 0 Å². The maximum Gasteiger partial charge on any atom is -0.0305 e. The van der Waals surface area contributed by atoms with E-state index in [0.29, 0.717) is 5.41 Å². The average Bonchev–Trinajstić information content (AvgIpc) is 1.99. The molecule has 0 heteroatoms. The molecule has 0 saturated heterocycles. The van der Waals surface area contributed by atoms with Gasteiger partial charge in [-0.25, -0.2) is 0 Å². The first-order valence-corrected chi connectivity index (χ1v) is 5.06. The minimum atomic E-state index is 0. The van der Waals surface area contributed by atoms with Gasteiger partial charge in [0.25, 0.3) is 0 Å². The number of hydrogen-bond acceptors (Lipinski definition) is 0. The minimum absolute atomic E-state index is 0. The lowest BCUT2D eigenvalue weighted by Gasteiger charge is -2.36. The Morgan fingerprint density at radius 3 is 2.00 bits per heavy atom. The lowest BCUT2D eigenvalue weighted by molar-refractivity contribution is 0.152. The lowest BCUT2D eigenvalue weighted by Crippen LogP contribution is -2.27. The molecule has 13 heavy (non-hydrogen) atoms. The third kappa shape index (κ3) is 4.50. The predicted molar refractivity (Wildman–Crippen MR) is 63.9 cm³/mol. The van der Waals surface area contributed by atoms with E-state index >= 15 is 0 Å². The Morgan fingerprint density at radius 1 is 1.31 bits per heavy atom. The van der Waals surface area contributed by atoms with Gasteiger partial charge in [0.1, 0.15) is 0 Å². The molecule has 0 aromatic carbocycles. The summed E-state index contributed by atoms with van der Waals surface area (Å²) in [5, 5.41) is 0. The molecule has 0 aliphatic carbocycles. The highest BCUT2D eigenvalue weighted by Gasteiger charge is 2.28. The lowest BCUT2D eigenvalue weighted by atomic mass is 9.70. The molecule has 0 N–H and O–H groups in total. The van der Waals surface area contributed by atoms with Gasteiger partial charge in [-0.15, -0.1) is 6.58 Å². The summed E-state index contributed by atoms with van der Waals surface area (Å²) in [6.45, 7) is 15.5. The molecule has 0 nitrogen and oxygen atoms in total. The fraction of sp³-hybridized carbons (Fsp3) is 0.846. The first kappa shape index (κ1) is 15.2. The molecule has 1 atom stereocenters. The second-order valence-electron chi connectivity index (χ2n) is 4.72. The third-order valence-electron chi connectivity index (χ3n) is 3.14. The maximum absolute atomic E-state index is 3.83. The van der Waals surface area contributed by atoms with Gasteiger partial charge in [-0.3, -0.25) is 0 Å². The SMILES string of the molecule is C.C=CC[C@H](C(C)C)C(C)(C)CC. The topological polar surface area (TPSA) is 0 Å². The van der Waals surface area contributed by atoms with Crippen LogP contribution in [0.3, 0.4) is 0 Å². The zero-order chi connectivity index (χ0) is 9.78. The van der Waals surface area contributed by atoms with E-state index in [4.69, 9.17) is 0 Å². The Morgan fingerprint density at radius 2 is 1.77 bits per heavy atom. The molecule has 0 amide bonds. The monoisotopic (exact) mass is 184 g/mol. The molecular weight excluding hydrogens is 156 g/mol. The summed E-state index contributed by atoms with van der Waals surface area (Å²) >= 11 is 0. The van der Waals surface area contributed by atoms with Crippen LogP contribution in [0.5, 0.6) is 0 Å². The van der Waals surface area contributed by atoms with Crippen LogP contribution in [-0.2, 0) is 0 Å². The minimum Gasteiger partial charge on any atom is -0.103 e. The summed E-state index contributed by atoms with van der Waals surface area (Å²) in [6, 6.07) is 0. The second kappa shape index (κ2) is 6.23. The highest BCUT2D eigenvalue weighted by Crippen LogP contribution is 2.37. The fourth-order valence-electron chi connectivity index (χ4n) is 1.94. The van der Waals surface area contributed by atoms with E-state index in [0.717, 1.165) is 18.3 Å². The molecule has 0 unspecified atom stereocenters. The van der Waals surface area contributed by atoms with E-state index in [9.17, 15) is 0 Å². The molecule has 0 heterocycles. The molecule has 0 aromatic heterocycles. The molecule has 0 fully saturated rings. The molecule has 0 aromatic rings. The summed E-state index contributed by atoms with van der Waals surface area (Å²) in [4.78, 5) is 0. The van der Waals surface area contributed by atoms with Crippen molar-refractivity contribution in [2.75, 3.05) is 0 Å². The van der Waals surface area contributed by atoms with Crippen molar-refractivity contribution in [3.05, 3.63) is 12.7 Å². The molecule has 0 rings (SSSR count). The van der Waals surface area contributed by atoms with Crippen molar-refractivity contribution in [2.24, 2.45) is 17.3 Å². The van der Waals surface area contributed by atoms with Gasteiger partial charge in [-0.05, 0) is 23.7 Å². The summed E-state index contributed by atoms with van der Waals surface area (Å²) in [5.74, 6) is 1.54. The number of rotatable bonds is 5. The van der Waals surface area contributed by atoms with Gasteiger partial charge < -0.3 is 0 Å². The quantitative estimate of drug-likeness (QED) is 0.533. The van der Waals surface area contributed by atoms with Crippen molar-refractivity contribution in [2.45, 2.75) is 54.9 Å². The Balaban J connectivity index is 0. The number of allylic oxidation sites excluding steroid dienone is 1. The maximum atomic E-state index is 3.83. The molecule has 0 bridgehead atoms.